The number of aldehydes is 2. The molecule has 0 bridgehead atoms. The molecule has 6 amide bonds. The Bertz CT molecular complexity index is 3930. The van der Waals surface area contributed by atoms with Crippen LogP contribution in [-0.4, -0.2) is 109 Å². The number of anilines is 2. The average molecular weight is 1120 g/mol. The quantitative estimate of drug-likeness (QED) is 0.0648. The van der Waals surface area contributed by atoms with Crippen LogP contribution in [0, 0.1) is 0 Å². The van der Waals surface area contributed by atoms with Crippen molar-refractivity contribution in [1.29, 1.82) is 0 Å². The fraction of sp³-hybridized carbons (Fsp3) is 0.152. The molecule has 0 aliphatic carbocycles. The number of carbonyl (C=O) groups excluding carboxylic acids is 10. The molecule has 4 atom stereocenters. The average Bonchev–Trinajstić information content (AvgIpc) is 3.16. The lowest BCUT2D eigenvalue weighted by Crippen LogP contribution is -2.51. The van der Waals surface area contributed by atoms with Crippen LogP contribution in [0.15, 0.2) is 204 Å². The molecule has 0 saturated carbocycles. The molecular weight excluding hydrogens is 1060 g/mol. The van der Waals surface area contributed by atoms with E-state index in [1.165, 1.54) is 23.6 Å². The second-order valence-electron chi connectivity index (χ2n) is 19.8. The van der Waals surface area contributed by atoms with Gasteiger partial charge >= 0.3 is 0 Å². The summed E-state index contributed by atoms with van der Waals surface area (Å²) < 4.78 is 0. The summed E-state index contributed by atoms with van der Waals surface area (Å²) >= 11 is 0. The topological polar surface area (TPSA) is 250 Å². The van der Waals surface area contributed by atoms with Gasteiger partial charge in [0.15, 0.2) is 0 Å². The minimum Gasteiger partial charge on any atom is -0.345 e. The van der Waals surface area contributed by atoms with Crippen molar-refractivity contribution < 1.29 is 47.9 Å². The smallest absolute Gasteiger partial charge is 0.272 e. The van der Waals surface area contributed by atoms with Crippen LogP contribution in [0.4, 0.5) is 11.4 Å². The molecule has 0 saturated heterocycles. The van der Waals surface area contributed by atoms with Gasteiger partial charge in [0, 0.05) is 46.2 Å². The van der Waals surface area contributed by atoms with Crippen molar-refractivity contribution in [1.82, 2.24) is 21.3 Å². The highest BCUT2D eigenvalue weighted by atomic mass is 16.2. The third-order valence-electron chi connectivity index (χ3n) is 13.7. The first-order valence-corrected chi connectivity index (χ1v) is 26.8. The fourth-order valence-electron chi connectivity index (χ4n) is 9.87. The van der Waals surface area contributed by atoms with E-state index in [-0.39, 0.29) is 24.4 Å². The van der Waals surface area contributed by atoms with E-state index < -0.39 is 72.9 Å². The molecule has 2 unspecified atom stereocenters. The van der Waals surface area contributed by atoms with Crippen molar-refractivity contribution in [2.75, 3.05) is 22.9 Å². The van der Waals surface area contributed by atoms with Crippen molar-refractivity contribution in [2.45, 2.75) is 51.1 Å². The number of aliphatic imine (C=N–C) groups is 2. The minimum atomic E-state index is -1.37. The SMILES string of the molecule is CC(=O)C[C@@H](C=O)NC(=O)CN1C(=O)C(NC(=O)c2ccc3ccccc3c2)N=C(c2ccccc2)c2ccccc21.CC(=O)C[C@@H](C=O)NC(=O)CN1C(=O)C(NC(=O)c2cccc3ccccc23)N=C(c2ccccc2)c2ccccc21. The Kier molecular flexibility index (Phi) is 18.3. The maximum Gasteiger partial charge on any atom is 0.272 e. The molecule has 2 aliphatic rings. The summed E-state index contributed by atoms with van der Waals surface area (Å²) in [7, 11) is 0. The van der Waals surface area contributed by atoms with E-state index >= 15 is 0 Å². The molecule has 4 N–H and O–H groups in total. The number of benzene rings is 8. The molecule has 84 heavy (non-hydrogen) atoms. The van der Waals surface area contributed by atoms with Gasteiger partial charge in [-0.25, -0.2) is 9.98 Å². The molecule has 2 aliphatic heterocycles. The summed E-state index contributed by atoms with van der Waals surface area (Å²) in [5.41, 5.74) is 5.09. The molecule has 8 aromatic carbocycles. The second-order valence-corrected chi connectivity index (χ2v) is 19.8. The number of fused-ring (bicyclic) bond motifs is 4. The van der Waals surface area contributed by atoms with E-state index in [0.717, 1.165) is 32.7 Å². The van der Waals surface area contributed by atoms with Gasteiger partial charge in [0.05, 0.1) is 34.9 Å². The van der Waals surface area contributed by atoms with Gasteiger partial charge in [0.25, 0.3) is 23.6 Å². The van der Waals surface area contributed by atoms with Gasteiger partial charge in [-0.2, -0.15) is 0 Å². The number of Topliss-reactive ketones (excluding diaryl/α,β-unsaturated/α-hetero) is 2. The third kappa shape index (κ3) is 13.6. The highest BCUT2D eigenvalue weighted by molar-refractivity contribution is 6.23. The summed E-state index contributed by atoms with van der Waals surface area (Å²) in [4.78, 5) is 139. The first-order valence-electron chi connectivity index (χ1n) is 26.8. The molecular formula is C66H56N8O10. The number of carbonyl (C=O) groups is 10. The standard InChI is InChI=1S/2C33H28N4O5/c1-21(39)18-24(20-38)34-29(40)19-37-28-17-8-7-15-27(28)30(23-11-3-2-4-12-23)35-31(33(37)42)36-32(41)26-16-9-13-22-10-5-6-14-25(22)26;1-21(39)17-26(20-38)34-29(40)19-37-28-14-8-7-13-27(28)30(23-10-3-2-4-11-23)35-31(33(37)42)36-32(41)25-16-15-22-9-5-6-12-24(22)18-25/h2-17,20,24,31H,18-19H2,1H3,(H,34,40)(H,36,41);2-16,18,20,26,31H,17,19H2,1H3,(H,34,40)(H,36,41)/t24-,31?;26-,31?/m00/s1. The van der Waals surface area contributed by atoms with Crippen molar-refractivity contribution in [2.24, 2.45) is 9.98 Å². The van der Waals surface area contributed by atoms with Crippen LogP contribution in [0.25, 0.3) is 21.5 Å². The van der Waals surface area contributed by atoms with Crippen LogP contribution in [0.5, 0.6) is 0 Å². The van der Waals surface area contributed by atoms with Crippen molar-refractivity contribution in [3.63, 3.8) is 0 Å². The number of para-hydroxylation sites is 2. The van der Waals surface area contributed by atoms with Crippen LogP contribution >= 0.6 is 0 Å². The van der Waals surface area contributed by atoms with Crippen molar-refractivity contribution >= 4 is 104 Å². The van der Waals surface area contributed by atoms with Gasteiger partial charge in [0.2, 0.25) is 24.1 Å². The highest BCUT2D eigenvalue weighted by Gasteiger charge is 2.37. The first kappa shape index (κ1) is 57.8. The Labute approximate surface area is 482 Å². The van der Waals surface area contributed by atoms with Crippen LogP contribution in [0.3, 0.4) is 0 Å². The zero-order chi connectivity index (χ0) is 59.3. The summed E-state index contributed by atoms with van der Waals surface area (Å²) in [6.07, 6.45) is -2.08. The molecule has 8 aromatic rings. The number of benzodiazepines with no additional fused rings is 2. The van der Waals surface area contributed by atoms with Crippen LogP contribution in [-0.2, 0) is 38.4 Å². The summed E-state index contributed by atoms with van der Waals surface area (Å²) in [5, 5.41) is 14.0. The van der Waals surface area contributed by atoms with E-state index in [4.69, 9.17) is 9.98 Å². The Morgan fingerprint density at radius 2 is 0.905 bits per heavy atom. The lowest BCUT2D eigenvalue weighted by atomic mass is 10.0. The highest BCUT2D eigenvalue weighted by Crippen LogP contribution is 2.31. The predicted molar refractivity (Wildman–Crippen MR) is 319 cm³/mol. The molecule has 0 aromatic heterocycles. The van der Waals surface area contributed by atoms with Gasteiger partial charge in [0.1, 0.15) is 37.2 Å². The fourth-order valence-corrected chi connectivity index (χ4v) is 9.87. The lowest BCUT2D eigenvalue weighted by molar-refractivity contribution is -0.127. The number of rotatable bonds is 18. The zero-order valence-corrected chi connectivity index (χ0v) is 45.6. The van der Waals surface area contributed by atoms with E-state index in [9.17, 15) is 47.9 Å². The molecule has 0 radical (unpaired) electrons. The zero-order valence-electron chi connectivity index (χ0n) is 45.6. The first-order chi connectivity index (χ1) is 40.7. The largest absolute Gasteiger partial charge is 0.345 e. The lowest BCUT2D eigenvalue weighted by Gasteiger charge is -2.25. The summed E-state index contributed by atoms with van der Waals surface area (Å²) in [5.74, 6) is -4.08. The number of hydrogen-bond acceptors (Lipinski definition) is 12. The number of hydrogen-bond donors (Lipinski definition) is 4. The normalized spacial score (nSPS) is 15.2. The van der Waals surface area contributed by atoms with E-state index in [2.05, 4.69) is 21.3 Å². The number of nitrogens with zero attached hydrogens (tertiary/aromatic N) is 4. The van der Waals surface area contributed by atoms with E-state index in [1.807, 2.05) is 121 Å². The van der Waals surface area contributed by atoms with E-state index in [0.29, 0.717) is 57.6 Å². The maximum absolute atomic E-state index is 14.1. The van der Waals surface area contributed by atoms with E-state index in [1.54, 1.807) is 72.8 Å². The molecule has 0 spiro atoms. The molecule has 18 heteroatoms. The van der Waals surface area contributed by atoms with Crippen molar-refractivity contribution in [3.8, 4) is 0 Å². The van der Waals surface area contributed by atoms with Gasteiger partial charge < -0.3 is 30.9 Å². The van der Waals surface area contributed by atoms with Gasteiger partial charge in [-0.1, -0.05) is 164 Å². The van der Waals surface area contributed by atoms with Crippen LogP contribution in [0.2, 0.25) is 0 Å². The van der Waals surface area contributed by atoms with Gasteiger partial charge in [-0.3, -0.25) is 48.2 Å². The van der Waals surface area contributed by atoms with Crippen LogP contribution < -0.4 is 31.1 Å². The number of nitrogens with one attached hydrogen (secondary N) is 4. The maximum atomic E-state index is 14.1. The predicted octanol–water partition coefficient (Wildman–Crippen LogP) is 6.89. The molecule has 10 rings (SSSR count). The molecule has 18 nitrogen and oxygen atoms in total. The Hall–Kier alpha value is -10.9. The molecule has 0 fully saturated rings. The van der Waals surface area contributed by atoms with Gasteiger partial charge in [-0.05, 0) is 65.7 Å². The second kappa shape index (κ2) is 26.6. The summed E-state index contributed by atoms with van der Waals surface area (Å²) in [6.45, 7) is 1.72. The Morgan fingerprint density at radius 3 is 1.40 bits per heavy atom. The molecule has 420 valence electrons. The summed E-state index contributed by atoms with van der Waals surface area (Å²) in [6, 6.07) is 56.1. The number of ketones is 2. The van der Waals surface area contributed by atoms with Crippen LogP contribution in [0.1, 0.15) is 69.7 Å². The van der Waals surface area contributed by atoms with Gasteiger partial charge in [-0.15, -0.1) is 0 Å². The van der Waals surface area contributed by atoms with Crippen molar-refractivity contribution in [3.05, 3.63) is 228 Å². The number of amides is 6. The monoisotopic (exact) mass is 1120 g/mol. The Morgan fingerprint density at radius 1 is 0.476 bits per heavy atom. The Balaban J connectivity index is 0.000000202. The molecule has 2 heterocycles. The minimum absolute atomic E-state index is 0.161. The third-order valence-corrected chi connectivity index (χ3v) is 13.7.